The fourth-order valence-corrected chi connectivity index (χ4v) is 1.58. The smallest absolute Gasteiger partial charge is 0.116 e. The highest BCUT2D eigenvalue weighted by atomic mass is 16.3. The Kier molecular flexibility index (Phi) is 1.69. The van der Waals surface area contributed by atoms with Crippen LogP contribution >= 0.6 is 0 Å². The van der Waals surface area contributed by atoms with Gasteiger partial charge in [-0.2, -0.15) is 0 Å². The van der Waals surface area contributed by atoms with E-state index in [1.165, 1.54) is 0 Å². The number of aromatic nitrogens is 1. The zero-order chi connectivity index (χ0) is 9.42. The number of nitrogens with zero attached hydrogens (tertiary/aromatic N) is 1. The Bertz CT molecular complexity index is 458. The molecule has 0 amide bonds. The summed E-state index contributed by atoms with van der Waals surface area (Å²) in [6.07, 6.45) is 0. The molecule has 1 aromatic heterocycles. The van der Waals surface area contributed by atoms with Gasteiger partial charge in [0.1, 0.15) is 5.75 Å². The van der Waals surface area contributed by atoms with Crippen LogP contribution in [0.2, 0.25) is 0 Å². The largest absolute Gasteiger partial charge is 0.508 e. The fraction of sp³-hybridized carbons (Fsp3) is 0.182. The fourth-order valence-electron chi connectivity index (χ4n) is 1.58. The molecule has 0 saturated heterocycles. The number of hydrogen-bond donors (Lipinski definition) is 1. The van der Waals surface area contributed by atoms with Gasteiger partial charge in [0.15, 0.2) is 0 Å². The zero-order valence-electron chi connectivity index (χ0n) is 7.70. The van der Waals surface area contributed by atoms with Crippen molar-refractivity contribution in [3.8, 4) is 5.75 Å². The summed E-state index contributed by atoms with van der Waals surface area (Å²) in [6, 6.07) is 7.32. The molecule has 2 aromatic rings. The highest BCUT2D eigenvalue weighted by Crippen LogP contribution is 2.22. The highest BCUT2D eigenvalue weighted by molar-refractivity contribution is 5.85. The number of aromatic hydroxyl groups is 1. The van der Waals surface area contributed by atoms with E-state index < -0.39 is 0 Å². The molecular formula is C11H11NO. The van der Waals surface area contributed by atoms with E-state index in [1.54, 1.807) is 12.1 Å². The average Bonchev–Trinajstić information content (AvgIpc) is 2.02. The molecule has 0 fully saturated rings. The first-order chi connectivity index (χ1) is 6.16. The van der Waals surface area contributed by atoms with Gasteiger partial charge in [-0.3, -0.25) is 4.98 Å². The first kappa shape index (κ1) is 8.05. The molecule has 2 rings (SSSR count). The lowest BCUT2D eigenvalue weighted by Crippen LogP contribution is -1.87. The SMILES string of the molecule is Cc1cc2cc(O)ccc2c(C)n1. The van der Waals surface area contributed by atoms with Crippen LogP contribution < -0.4 is 0 Å². The van der Waals surface area contributed by atoms with Crippen LogP contribution in [0.5, 0.6) is 5.75 Å². The summed E-state index contributed by atoms with van der Waals surface area (Å²) < 4.78 is 0. The molecule has 1 N–H and O–H groups in total. The third-order valence-corrected chi connectivity index (χ3v) is 2.13. The quantitative estimate of drug-likeness (QED) is 0.664. The van der Waals surface area contributed by atoms with Crippen molar-refractivity contribution in [1.82, 2.24) is 4.98 Å². The minimum absolute atomic E-state index is 0.303. The van der Waals surface area contributed by atoms with E-state index in [1.807, 2.05) is 26.0 Å². The minimum atomic E-state index is 0.303. The van der Waals surface area contributed by atoms with Gasteiger partial charge in [-0.05, 0) is 43.5 Å². The van der Waals surface area contributed by atoms with Gasteiger partial charge in [0.2, 0.25) is 0 Å². The van der Waals surface area contributed by atoms with Gasteiger partial charge < -0.3 is 5.11 Å². The lowest BCUT2D eigenvalue weighted by molar-refractivity contribution is 0.476. The van der Waals surface area contributed by atoms with E-state index in [0.717, 1.165) is 22.2 Å². The second-order valence-corrected chi connectivity index (χ2v) is 3.25. The van der Waals surface area contributed by atoms with Crippen molar-refractivity contribution >= 4 is 10.8 Å². The third kappa shape index (κ3) is 1.35. The van der Waals surface area contributed by atoms with Gasteiger partial charge in [-0.25, -0.2) is 0 Å². The van der Waals surface area contributed by atoms with E-state index in [9.17, 15) is 5.11 Å². The predicted molar refractivity (Wildman–Crippen MR) is 52.9 cm³/mol. The molecule has 0 radical (unpaired) electrons. The van der Waals surface area contributed by atoms with Crippen molar-refractivity contribution in [2.45, 2.75) is 13.8 Å². The van der Waals surface area contributed by atoms with E-state index in [-0.39, 0.29) is 0 Å². The lowest BCUT2D eigenvalue weighted by atomic mass is 10.1. The Morgan fingerprint density at radius 1 is 1.15 bits per heavy atom. The Hall–Kier alpha value is -1.57. The van der Waals surface area contributed by atoms with E-state index >= 15 is 0 Å². The summed E-state index contributed by atoms with van der Waals surface area (Å²) in [5.74, 6) is 0.303. The van der Waals surface area contributed by atoms with Crippen molar-refractivity contribution < 1.29 is 5.11 Å². The highest BCUT2D eigenvalue weighted by Gasteiger charge is 2.00. The Morgan fingerprint density at radius 2 is 1.92 bits per heavy atom. The van der Waals surface area contributed by atoms with Crippen LogP contribution in [-0.4, -0.2) is 10.1 Å². The average molecular weight is 173 g/mol. The molecule has 0 aliphatic carbocycles. The Balaban J connectivity index is 2.86. The van der Waals surface area contributed by atoms with Crippen LogP contribution in [0.4, 0.5) is 0 Å². The molecule has 13 heavy (non-hydrogen) atoms. The molecule has 0 spiro atoms. The maximum absolute atomic E-state index is 9.29. The molecule has 0 bridgehead atoms. The molecular weight excluding hydrogens is 162 g/mol. The lowest BCUT2D eigenvalue weighted by Gasteiger charge is -2.03. The standard InChI is InChI=1S/C11H11NO/c1-7-5-9-6-10(13)3-4-11(9)8(2)12-7/h3-6,13H,1-2H3. The third-order valence-electron chi connectivity index (χ3n) is 2.13. The number of pyridine rings is 1. The van der Waals surface area contributed by atoms with Crippen LogP contribution in [0.15, 0.2) is 24.3 Å². The maximum atomic E-state index is 9.29. The van der Waals surface area contributed by atoms with Gasteiger partial charge >= 0.3 is 0 Å². The summed E-state index contributed by atoms with van der Waals surface area (Å²) in [4.78, 5) is 4.35. The van der Waals surface area contributed by atoms with Gasteiger partial charge in [0, 0.05) is 16.8 Å². The van der Waals surface area contributed by atoms with Crippen LogP contribution in [0.25, 0.3) is 10.8 Å². The van der Waals surface area contributed by atoms with E-state index in [4.69, 9.17) is 0 Å². The first-order valence-electron chi connectivity index (χ1n) is 4.24. The Morgan fingerprint density at radius 3 is 2.69 bits per heavy atom. The topological polar surface area (TPSA) is 33.1 Å². The van der Waals surface area contributed by atoms with E-state index in [0.29, 0.717) is 5.75 Å². The molecule has 0 unspecified atom stereocenters. The summed E-state index contributed by atoms with van der Waals surface area (Å²) in [7, 11) is 0. The molecule has 2 heteroatoms. The molecule has 0 saturated carbocycles. The van der Waals surface area contributed by atoms with Gasteiger partial charge in [0.05, 0.1) is 0 Å². The number of hydrogen-bond acceptors (Lipinski definition) is 2. The van der Waals surface area contributed by atoms with Crippen molar-refractivity contribution in [3.63, 3.8) is 0 Å². The monoisotopic (exact) mass is 173 g/mol. The molecule has 1 heterocycles. The zero-order valence-corrected chi connectivity index (χ0v) is 7.70. The molecule has 0 atom stereocenters. The van der Waals surface area contributed by atoms with Crippen LogP contribution in [0.1, 0.15) is 11.4 Å². The summed E-state index contributed by atoms with van der Waals surface area (Å²) >= 11 is 0. The number of aryl methyl sites for hydroxylation is 2. The second kappa shape index (κ2) is 2.73. The van der Waals surface area contributed by atoms with E-state index in [2.05, 4.69) is 4.98 Å². The maximum Gasteiger partial charge on any atom is 0.116 e. The summed E-state index contributed by atoms with van der Waals surface area (Å²) in [6.45, 7) is 3.93. The normalized spacial score (nSPS) is 10.6. The second-order valence-electron chi connectivity index (χ2n) is 3.25. The van der Waals surface area contributed by atoms with Crippen molar-refractivity contribution in [3.05, 3.63) is 35.7 Å². The van der Waals surface area contributed by atoms with Crippen molar-refractivity contribution in [1.29, 1.82) is 0 Å². The van der Waals surface area contributed by atoms with Crippen molar-refractivity contribution in [2.75, 3.05) is 0 Å². The first-order valence-corrected chi connectivity index (χ1v) is 4.24. The number of fused-ring (bicyclic) bond motifs is 1. The molecule has 1 aromatic carbocycles. The molecule has 2 nitrogen and oxygen atoms in total. The van der Waals surface area contributed by atoms with Gasteiger partial charge in [-0.1, -0.05) is 0 Å². The molecule has 0 aliphatic heterocycles. The number of rotatable bonds is 0. The van der Waals surface area contributed by atoms with Gasteiger partial charge in [0.25, 0.3) is 0 Å². The molecule has 0 aliphatic rings. The Labute approximate surface area is 76.9 Å². The van der Waals surface area contributed by atoms with Crippen LogP contribution in [0, 0.1) is 13.8 Å². The number of phenolic OH excluding ortho intramolecular Hbond substituents is 1. The molecule has 66 valence electrons. The summed E-state index contributed by atoms with van der Waals surface area (Å²) in [5, 5.41) is 11.4. The minimum Gasteiger partial charge on any atom is -0.508 e. The van der Waals surface area contributed by atoms with Crippen molar-refractivity contribution in [2.24, 2.45) is 0 Å². The number of phenols is 1. The number of benzene rings is 1. The van der Waals surface area contributed by atoms with Gasteiger partial charge in [-0.15, -0.1) is 0 Å². The van der Waals surface area contributed by atoms with Crippen LogP contribution in [-0.2, 0) is 0 Å². The summed E-state index contributed by atoms with van der Waals surface area (Å²) in [5.41, 5.74) is 1.99. The van der Waals surface area contributed by atoms with Crippen LogP contribution in [0.3, 0.4) is 0 Å². The predicted octanol–water partition coefficient (Wildman–Crippen LogP) is 2.56.